The van der Waals surface area contributed by atoms with Crippen LogP contribution in [0.3, 0.4) is 0 Å². The molecule has 1 atom stereocenters. The predicted molar refractivity (Wildman–Crippen MR) is 95.4 cm³/mol. The molecule has 0 saturated carbocycles. The number of hydrogen-bond donors (Lipinski definition) is 0. The van der Waals surface area contributed by atoms with E-state index >= 15 is 0 Å². The molecule has 126 valence electrons. The van der Waals surface area contributed by atoms with Gasteiger partial charge in [0, 0.05) is 16.7 Å². The first-order chi connectivity index (χ1) is 12.7. The van der Waals surface area contributed by atoms with Crippen LogP contribution in [0.25, 0.3) is 0 Å². The normalized spacial score (nSPS) is 20.2. The molecule has 2 aliphatic heterocycles. The maximum Gasteiger partial charge on any atom is 0.341 e. The van der Waals surface area contributed by atoms with Gasteiger partial charge < -0.3 is 4.74 Å². The Kier molecular flexibility index (Phi) is 3.04. The van der Waals surface area contributed by atoms with Gasteiger partial charge in [-0.05, 0) is 17.7 Å². The van der Waals surface area contributed by atoms with Crippen LogP contribution in [0, 0.1) is 0 Å². The van der Waals surface area contributed by atoms with Crippen LogP contribution in [-0.2, 0) is 17.0 Å². The lowest BCUT2D eigenvalue weighted by Gasteiger charge is -2.35. The topological polar surface area (TPSA) is 46.6 Å². The predicted octanol–water partition coefficient (Wildman–Crippen LogP) is 3.71. The van der Waals surface area contributed by atoms with Crippen LogP contribution in [0.4, 0.5) is 0 Å². The number of carbonyl (C=O) groups is 2. The van der Waals surface area contributed by atoms with Crippen molar-refractivity contribution < 1.29 is 14.3 Å². The lowest BCUT2D eigenvalue weighted by Crippen LogP contribution is -2.44. The molecule has 0 fully saturated rings. The van der Waals surface area contributed by atoms with E-state index in [-0.39, 0.29) is 5.91 Å². The van der Waals surface area contributed by atoms with Gasteiger partial charge in [0.05, 0.1) is 12.1 Å². The molecule has 2 heterocycles. The summed E-state index contributed by atoms with van der Waals surface area (Å²) < 4.78 is 5.93. The number of ether oxygens (including phenoxy) is 1. The van der Waals surface area contributed by atoms with Gasteiger partial charge >= 0.3 is 5.97 Å². The quantitative estimate of drug-likeness (QED) is 0.668. The highest BCUT2D eigenvalue weighted by molar-refractivity contribution is 6.04. The van der Waals surface area contributed by atoms with Crippen molar-refractivity contribution >= 4 is 11.9 Å². The van der Waals surface area contributed by atoms with E-state index in [1.54, 1.807) is 17.0 Å². The van der Waals surface area contributed by atoms with Crippen LogP contribution in [0.15, 0.2) is 78.9 Å². The summed E-state index contributed by atoms with van der Waals surface area (Å²) in [6.45, 7) is 0.357. The van der Waals surface area contributed by atoms with Gasteiger partial charge in [0.25, 0.3) is 5.91 Å². The molecule has 1 amide bonds. The van der Waals surface area contributed by atoms with Crippen molar-refractivity contribution in [3.05, 3.63) is 107 Å². The number of amides is 1. The molecule has 2 aliphatic rings. The molecule has 1 spiro atoms. The molecule has 0 aromatic heterocycles. The fraction of sp³-hybridized carbons (Fsp3) is 0.0909. The largest absolute Gasteiger partial charge is 0.426 e. The summed E-state index contributed by atoms with van der Waals surface area (Å²) in [6, 6.07) is 24.4. The van der Waals surface area contributed by atoms with Crippen molar-refractivity contribution in [1.29, 1.82) is 0 Å². The van der Waals surface area contributed by atoms with Crippen molar-refractivity contribution in [2.75, 3.05) is 0 Å². The summed E-state index contributed by atoms with van der Waals surface area (Å²) in [5, 5.41) is 0. The summed E-state index contributed by atoms with van der Waals surface area (Å²) in [5.74, 6) is -0.530. The summed E-state index contributed by atoms with van der Waals surface area (Å²) in [6.07, 6.45) is 0. The number of fused-ring (bicyclic) bond motifs is 4. The van der Waals surface area contributed by atoms with Crippen LogP contribution in [-0.4, -0.2) is 16.8 Å². The van der Waals surface area contributed by atoms with Crippen LogP contribution >= 0.6 is 0 Å². The molecule has 26 heavy (non-hydrogen) atoms. The van der Waals surface area contributed by atoms with E-state index in [9.17, 15) is 9.59 Å². The second kappa shape index (κ2) is 5.30. The Morgan fingerprint density at radius 2 is 1.31 bits per heavy atom. The zero-order chi connectivity index (χ0) is 17.7. The maximum absolute atomic E-state index is 13.2. The minimum atomic E-state index is -1.20. The molecule has 3 aromatic rings. The van der Waals surface area contributed by atoms with E-state index in [1.165, 1.54) is 0 Å². The first-order valence-electron chi connectivity index (χ1n) is 8.50. The molecule has 0 saturated heterocycles. The van der Waals surface area contributed by atoms with Crippen molar-refractivity contribution in [1.82, 2.24) is 4.90 Å². The molecular formula is C22H15NO3. The van der Waals surface area contributed by atoms with Gasteiger partial charge in [0.2, 0.25) is 5.72 Å². The molecule has 1 unspecified atom stereocenters. The number of rotatable bonds is 2. The van der Waals surface area contributed by atoms with Gasteiger partial charge in [-0.2, -0.15) is 0 Å². The van der Waals surface area contributed by atoms with Gasteiger partial charge in [-0.3, -0.25) is 9.69 Å². The summed E-state index contributed by atoms with van der Waals surface area (Å²) in [4.78, 5) is 27.5. The van der Waals surface area contributed by atoms with E-state index in [0.717, 1.165) is 16.7 Å². The molecule has 0 N–H and O–H groups in total. The maximum atomic E-state index is 13.2. The van der Waals surface area contributed by atoms with Crippen LogP contribution in [0.5, 0.6) is 0 Å². The highest BCUT2D eigenvalue weighted by Crippen LogP contribution is 2.50. The van der Waals surface area contributed by atoms with E-state index < -0.39 is 11.7 Å². The molecule has 4 heteroatoms. The molecule has 0 bridgehead atoms. The lowest BCUT2D eigenvalue weighted by atomic mass is 9.92. The molecule has 0 aliphatic carbocycles. The zero-order valence-corrected chi connectivity index (χ0v) is 13.9. The fourth-order valence-electron chi connectivity index (χ4n) is 3.95. The minimum absolute atomic E-state index is 0.131. The van der Waals surface area contributed by atoms with Gasteiger partial charge in [-0.25, -0.2) is 4.79 Å². The van der Waals surface area contributed by atoms with Crippen molar-refractivity contribution in [2.24, 2.45) is 0 Å². The van der Waals surface area contributed by atoms with E-state index in [0.29, 0.717) is 17.7 Å². The SMILES string of the molecule is O=C1OC2(c3ccccc31)c1ccccc1C(=O)N2Cc1ccccc1. The van der Waals surface area contributed by atoms with E-state index in [1.807, 2.05) is 66.7 Å². The van der Waals surface area contributed by atoms with Gasteiger partial charge in [0.15, 0.2) is 0 Å². The Morgan fingerprint density at radius 1 is 0.731 bits per heavy atom. The number of benzene rings is 3. The van der Waals surface area contributed by atoms with Crippen molar-refractivity contribution in [2.45, 2.75) is 12.3 Å². The second-order valence-corrected chi connectivity index (χ2v) is 6.50. The molecule has 5 rings (SSSR count). The number of nitrogens with zero attached hydrogens (tertiary/aromatic N) is 1. The number of esters is 1. The Labute approximate surface area is 150 Å². The van der Waals surface area contributed by atoms with E-state index in [4.69, 9.17) is 4.74 Å². The number of hydrogen-bond acceptors (Lipinski definition) is 3. The fourth-order valence-corrected chi connectivity index (χ4v) is 3.95. The Hall–Kier alpha value is -3.40. The van der Waals surface area contributed by atoms with Crippen LogP contribution < -0.4 is 0 Å². The highest BCUT2D eigenvalue weighted by Gasteiger charge is 2.58. The van der Waals surface area contributed by atoms with Gasteiger partial charge in [0.1, 0.15) is 0 Å². The van der Waals surface area contributed by atoms with Crippen LogP contribution in [0.1, 0.15) is 37.4 Å². The third kappa shape index (κ3) is 1.84. The van der Waals surface area contributed by atoms with Crippen LogP contribution in [0.2, 0.25) is 0 Å². The first kappa shape index (κ1) is 14.9. The number of carbonyl (C=O) groups excluding carboxylic acids is 2. The molecule has 0 radical (unpaired) electrons. The summed E-state index contributed by atoms with van der Waals surface area (Å²) >= 11 is 0. The smallest absolute Gasteiger partial charge is 0.341 e. The summed E-state index contributed by atoms with van der Waals surface area (Å²) in [7, 11) is 0. The molecular weight excluding hydrogens is 326 g/mol. The average Bonchev–Trinajstić information content (AvgIpc) is 3.11. The Balaban J connectivity index is 1.75. The first-order valence-corrected chi connectivity index (χ1v) is 8.50. The third-order valence-electron chi connectivity index (χ3n) is 5.08. The molecule has 4 nitrogen and oxygen atoms in total. The van der Waals surface area contributed by atoms with Gasteiger partial charge in [-0.15, -0.1) is 0 Å². The third-order valence-corrected chi connectivity index (χ3v) is 5.08. The Morgan fingerprint density at radius 3 is 2.04 bits per heavy atom. The standard InChI is InChI=1S/C22H15NO3/c24-20-16-10-4-6-12-18(16)22(23(20)14-15-8-2-1-3-9-15)19-13-7-5-11-17(19)21(25)26-22/h1-13H,14H2. The average molecular weight is 341 g/mol. The Bertz CT molecular complexity index is 1030. The van der Waals surface area contributed by atoms with Crippen molar-refractivity contribution in [3.8, 4) is 0 Å². The van der Waals surface area contributed by atoms with Crippen molar-refractivity contribution in [3.63, 3.8) is 0 Å². The van der Waals surface area contributed by atoms with E-state index in [2.05, 4.69) is 0 Å². The highest BCUT2D eigenvalue weighted by atomic mass is 16.6. The second-order valence-electron chi connectivity index (χ2n) is 6.50. The summed E-state index contributed by atoms with van der Waals surface area (Å²) in [5.41, 5.74) is 2.31. The monoisotopic (exact) mass is 341 g/mol. The minimum Gasteiger partial charge on any atom is -0.426 e. The zero-order valence-electron chi connectivity index (χ0n) is 13.9. The lowest BCUT2D eigenvalue weighted by molar-refractivity contribution is -0.0633. The molecule has 3 aromatic carbocycles. The van der Waals surface area contributed by atoms with Gasteiger partial charge in [-0.1, -0.05) is 66.7 Å².